The van der Waals surface area contributed by atoms with E-state index in [1.54, 1.807) is 12.2 Å². The third-order valence-electron chi connectivity index (χ3n) is 8.46. The molecule has 0 heterocycles. The fourth-order valence-electron chi connectivity index (χ4n) is 7.08. The van der Waals surface area contributed by atoms with Gasteiger partial charge in [0.15, 0.2) is 19.9 Å². The van der Waals surface area contributed by atoms with Gasteiger partial charge in [0.1, 0.15) is 18.7 Å². The van der Waals surface area contributed by atoms with Crippen LogP contribution in [-0.2, 0) is 23.4 Å². The molecule has 0 bridgehead atoms. The van der Waals surface area contributed by atoms with Crippen LogP contribution in [0.25, 0.3) is 0 Å². The summed E-state index contributed by atoms with van der Waals surface area (Å²) in [7, 11) is -1.00. The number of hydrogen-bond donors (Lipinski definition) is 2. The largest absolute Gasteiger partial charge is 0.389 e. The van der Waals surface area contributed by atoms with Crippen LogP contribution in [0.1, 0.15) is 59.8 Å². The number of rotatable bonds is 7. The zero-order valence-corrected chi connectivity index (χ0v) is 21.7. The number of aliphatic hydroxyl groups excluding tert-OH is 2. The predicted octanol–water partition coefficient (Wildman–Crippen LogP) is 3.97. The van der Waals surface area contributed by atoms with E-state index in [4.69, 9.17) is 14.2 Å². The first-order valence-electron chi connectivity index (χ1n) is 12.4. The standard InChI is InChI=1S/C21H26O4.C5H13O3P/c1-20-8-7-13(23)9-12(20)3-4-14-15-5-6-16(18(25)11-22)21(15,2)10-17(24)19(14)20;1-3-7-9(5-6)8-4-2/h7-9,14-16,19,22H,3-6,10-11H2,1-2H3;6H,3-5H2,1-2H3. The maximum atomic E-state index is 13.3. The second-order valence-electron chi connectivity index (χ2n) is 10.2. The molecule has 0 aromatic rings. The van der Waals surface area contributed by atoms with Gasteiger partial charge in [-0.25, -0.2) is 0 Å². The van der Waals surface area contributed by atoms with Crippen molar-refractivity contribution in [3.8, 4) is 0 Å². The van der Waals surface area contributed by atoms with Crippen molar-refractivity contribution in [1.29, 1.82) is 0 Å². The highest BCUT2D eigenvalue weighted by Crippen LogP contribution is 2.64. The molecule has 6 atom stereocenters. The molecule has 0 amide bonds. The van der Waals surface area contributed by atoms with Gasteiger partial charge in [-0.2, -0.15) is 0 Å². The van der Waals surface area contributed by atoms with E-state index in [0.717, 1.165) is 31.3 Å². The Morgan fingerprint density at radius 2 is 1.79 bits per heavy atom. The van der Waals surface area contributed by atoms with Crippen LogP contribution >= 0.6 is 8.38 Å². The maximum absolute atomic E-state index is 13.3. The molecule has 0 aliphatic heterocycles. The molecule has 0 aromatic carbocycles. The Kier molecular flexibility index (Phi) is 9.02. The molecule has 0 spiro atoms. The van der Waals surface area contributed by atoms with Crippen LogP contribution in [0.4, 0.5) is 0 Å². The lowest BCUT2D eigenvalue weighted by Gasteiger charge is -2.55. The molecule has 190 valence electrons. The van der Waals surface area contributed by atoms with Gasteiger partial charge in [-0.3, -0.25) is 14.4 Å². The van der Waals surface area contributed by atoms with E-state index in [1.807, 2.05) is 19.9 Å². The average Bonchev–Trinajstić information content (AvgIpc) is 3.15. The van der Waals surface area contributed by atoms with E-state index in [1.165, 1.54) is 0 Å². The summed E-state index contributed by atoms with van der Waals surface area (Å²) in [5.74, 6) is 0.477. The quantitative estimate of drug-likeness (QED) is 0.515. The summed E-state index contributed by atoms with van der Waals surface area (Å²) < 4.78 is 10.0. The molecule has 0 aromatic heterocycles. The van der Waals surface area contributed by atoms with Crippen molar-refractivity contribution < 1.29 is 33.6 Å². The lowest BCUT2D eigenvalue weighted by Crippen LogP contribution is -2.54. The number of hydrogen-bond acceptors (Lipinski definition) is 7. The normalized spacial score (nSPS) is 36.3. The molecule has 3 saturated carbocycles. The molecule has 3 fully saturated rings. The summed E-state index contributed by atoms with van der Waals surface area (Å²) >= 11 is 0. The van der Waals surface area contributed by atoms with Crippen LogP contribution in [0.5, 0.6) is 0 Å². The molecule has 0 radical (unpaired) electrons. The van der Waals surface area contributed by atoms with Crippen LogP contribution in [0.15, 0.2) is 23.8 Å². The molecule has 4 aliphatic carbocycles. The Morgan fingerprint density at radius 3 is 2.38 bits per heavy atom. The minimum Gasteiger partial charge on any atom is -0.389 e. The molecule has 0 saturated heterocycles. The van der Waals surface area contributed by atoms with Crippen molar-refractivity contribution in [2.24, 2.45) is 34.5 Å². The minimum absolute atomic E-state index is 0.00296. The third-order valence-corrected chi connectivity index (χ3v) is 9.78. The summed E-state index contributed by atoms with van der Waals surface area (Å²) in [5, 5.41) is 17.9. The van der Waals surface area contributed by atoms with Crippen molar-refractivity contribution in [3.05, 3.63) is 23.8 Å². The first-order chi connectivity index (χ1) is 16.2. The Morgan fingerprint density at radius 1 is 1.12 bits per heavy atom. The molecule has 2 N–H and O–H groups in total. The SMILES string of the molecule is CC12C=CC(=O)C=C1CCC1C2C(=O)CC2(C)C(C(=O)CO)CCC12.CCOP(CO)OCC. The average molecular weight is 495 g/mol. The van der Waals surface area contributed by atoms with Gasteiger partial charge in [-0.05, 0) is 68.9 Å². The monoisotopic (exact) mass is 494 g/mol. The number of carbonyl (C=O) groups is 3. The van der Waals surface area contributed by atoms with Gasteiger partial charge in [0.05, 0.1) is 13.2 Å². The molecular weight excluding hydrogens is 455 g/mol. The van der Waals surface area contributed by atoms with Crippen LogP contribution < -0.4 is 0 Å². The van der Waals surface area contributed by atoms with E-state index < -0.39 is 15.0 Å². The zero-order valence-electron chi connectivity index (χ0n) is 20.8. The van der Waals surface area contributed by atoms with Crippen LogP contribution in [0, 0.1) is 34.5 Å². The van der Waals surface area contributed by atoms with Crippen LogP contribution in [-0.4, -0.2) is 53.7 Å². The van der Waals surface area contributed by atoms with Crippen molar-refractivity contribution >= 4 is 25.7 Å². The molecule has 8 heteroatoms. The van der Waals surface area contributed by atoms with Gasteiger partial charge in [-0.1, -0.05) is 25.5 Å². The number of aliphatic hydroxyl groups is 2. The van der Waals surface area contributed by atoms with E-state index >= 15 is 0 Å². The van der Waals surface area contributed by atoms with Gasteiger partial charge in [0.2, 0.25) is 0 Å². The summed E-state index contributed by atoms with van der Waals surface area (Å²) in [6.07, 6.45) is 9.21. The first-order valence-corrected chi connectivity index (χ1v) is 13.8. The molecule has 4 aliphatic rings. The van der Waals surface area contributed by atoms with Crippen LogP contribution in [0.3, 0.4) is 0 Å². The van der Waals surface area contributed by atoms with Crippen molar-refractivity contribution in [2.45, 2.75) is 59.8 Å². The van der Waals surface area contributed by atoms with Crippen molar-refractivity contribution in [3.63, 3.8) is 0 Å². The van der Waals surface area contributed by atoms with Gasteiger partial charge in [0, 0.05) is 23.7 Å². The Balaban J connectivity index is 0.000000309. The smallest absolute Gasteiger partial charge is 0.197 e. The molecule has 7 nitrogen and oxygen atoms in total. The van der Waals surface area contributed by atoms with Gasteiger partial charge >= 0.3 is 0 Å². The number of Topliss-reactive ketones (excluding diaryl/α,β-unsaturated/α-hetero) is 2. The highest BCUT2D eigenvalue weighted by molar-refractivity contribution is 7.46. The Bertz CT molecular complexity index is 846. The highest BCUT2D eigenvalue weighted by atomic mass is 31.2. The lowest BCUT2D eigenvalue weighted by atomic mass is 9.47. The zero-order chi connectivity index (χ0) is 25.1. The molecule has 4 rings (SSSR count). The lowest BCUT2D eigenvalue weighted by molar-refractivity contribution is -0.146. The van der Waals surface area contributed by atoms with Gasteiger partial charge in [0.25, 0.3) is 0 Å². The number of ketones is 3. The first kappa shape index (κ1) is 27.3. The topological polar surface area (TPSA) is 110 Å². The third kappa shape index (κ3) is 5.01. The summed E-state index contributed by atoms with van der Waals surface area (Å²) in [6, 6.07) is 0. The van der Waals surface area contributed by atoms with Crippen molar-refractivity contribution in [2.75, 3.05) is 26.2 Å². The van der Waals surface area contributed by atoms with E-state index in [-0.39, 0.29) is 52.3 Å². The van der Waals surface area contributed by atoms with E-state index in [2.05, 4.69) is 13.8 Å². The number of carbonyl (C=O) groups excluding carboxylic acids is 3. The molecule has 34 heavy (non-hydrogen) atoms. The fraction of sp³-hybridized carbons (Fsp3) is 0.731. The second-order valence-corrected chi connectivity index (χ2v) is 11.7. The maximum Gasteiger partial charge on any atom is 0.197 e. The van der Waals surface area contributed by atoms with E-state index in [0.29, 0.717) is 25.6 Å². The Labute approximate surface area is 203 Å². The van der Waals surface area contributed by atoms with Crippen LogP contribution in [0.2, 0.25) is 0 Å². The summed E-state index contributed by atoms with van der Waals surface area (Å²) in [5.41, 5.74) is 0.428. The number of allylic oxidation sites excluding steroid dienone is 4. The van der Waals surface area contributed by atoms with E-state index in [9.17, 15) is 19.5 Å². The Hall–Kier alpha value is -1.24. The summed E-state index contributed by atoms with van der Waals surface area (Å²) in [4.78, 5) is 37.3. The van der Waals surface area contributed by atoms with Gasteiger partial charge < -0.3 is 19.3 Å². The summed E-state index contributed by atoms with van der Waals surface area (Å²) in [6.45, 7) is 8.73. The second kappa shape index (κ2) is 11.2. The fourth-order valence-corrected chi connectivity index (χ4v) is 7.89. The van der Waals surface area contributed by atoms with Crippen molar-refractivity contribution in [1.82, 2.24) is 0 Å². The number of fused-ring (bicyclic) bond motifs is 5. The molecule has 6 unspecified atom stereocenters. The van der Waals surface area contributed by atoms with Gasteiger partial charge in [-0.15, -0.1) is 0 Å². The molecular formula is C26H39O7P. The minimum atomic E-state index is -1.00. The predicted molar refractivity (Wildman–Crippen MR) is 130 cm³/mol. The highest BCUT2D eigenvalue weighted by Gasteiger charge is 2.62.